The first-order chi connectivity index (χ1) is 10.2. The summed E-state index contributed by atoms with van der Waals surface area (Å²) in [5.74, 6) is 0.760. The van der Waals surface area contributed by atoms with Crippen LogP contribution in [0.15, 0.2) is 33.7 Å². The maximum atomic E-state index is 11.9. The van der Waals surface area contributed by atoms with Crippen LogP contribution in [0.5, 0.6) is 0 Å². The largest absolute Gasteiger partial charge is 0.357 e. The Labute approximate surface area is 156 Å². The topological polar surface area (TPSA) is 65.5 Å². The Kier molecular flexibility index (Phi) is 8.77. The standard InChI is InChI=1S/C15H21BrN4O.HI/c1-2-17-15(20-13-7-8-13)19-10-9-18-14(21)11-3-5-12(16)6-4-11;/h3-6,13H,2,7-10H2,1H3,(H,18,21)(H2,17,19,20);1H. The van der Waals surface area contributed by atoms with Gasteiger partial charge in [-0.25, -0.2) is 0 Å². The SMILES string of the molecule is CCNC(=NCCNC(=O)c1ccc(Br)cc1)NC1CC1.I. The average molecular weight is 481 g/mol. The van der Waals surface area contributed by atoms with Crippen molar-refractivity contribution in [1.29, 1.82) is 0 Å². The Bertz CT molecular complexity index is 503. The molecule has 0 heterocycles. The van der Waals surface area contributed by atoms with Gasteiger partial charge in [-0.1, -0.05) is 15.9 Å². The number of nitrogens with zero attached hydrogens (tertiary/aromatic N) is 1. The first-order valence-electron chi connectivity index (χ1n) is 7.27. The van der Waals surface area contributed by atoms with Gasteiger partial charge in [-0.15, -0.1) is 24.0 Å². The van der Waals surface area contributed by atoms with Crippen molar-refractivity contribution in [2.24, 2.45) is 4.99 Å². The van der Waals surface area contributed by atoms with Crippen molar-refractivity contribution in [2.45, 2.75) is 25.8 Å². The molecule has 1 saturated carbocycles. The van der Waals surface area contributed by atoms with E-state index in [4.69, 9.17) is 0 Å². The molecule has 0 aromatic heterocycles. The van der Waals surface area contributed by atoms with E-state index in [-0.39, 0.29) is 29.9 Å². The molecule has 0 aliphatic heterocycles. The minimum Gasteiger partial charge on any atom is -0.357 e. The monoisotopic (exact) mass is 480 g/mol. The summed E-state index contributed by atoms with van der Waals surface area (Å²) in [6.07, 6.45) is 2.43. The predicted molar refractivity (Wildman–Crippen MR) is 104 cm³/mol. The first kappa shape index (κ1) is 19.2. The van der Waals surface area contributed by atoms with E-state index < -0.39 is 0 Å². The summed E-state index contributed by atoms with van der Waals surface area (Å²) < 4.78 is 0.963. The highest BCUT2D eigenvalue weighted by Gasteiger charge is 2.21. The second-order valence-electron chi connectivity index (χ2n) is 4.94. The molecule has 122 valence electrons. The van der Waals surface area contributed by atoms with E-state index in [1.807, 2.05) is 19.1 Å². The number of carbonyl (C=O) groups excluding carboxylic acids is 1. The summed E-state index contributed by atoms with van der Waals surface area (Å²) in [6.45, 7) is 3.96. The first-order valence-corrected chi connectivity index (χ1v) is 8.07. The highest BCUT2D eigenvalue weighted by molar-refractivity contribution is 14.0. The van der Waals surface area contributed by atoms with E-state index in [0.717, 1.165) is 17.0 Å². The van der Waals surface area contributed by atoms with Crippen molar-refractivity contribution in [3.8, 4) is 0 Å². The number of halogens is 2. The molecular weight excluding hydrogens is 459 g/mol. The summed E-state index contributed by atoms with van der Waals surface area (Å²) in [5, 5.41) is 9.41. The quantitative estimate of drug-likeness (QED) is 0.254. The van der Waals surface area contributed by atoms with Crippen LogP contribution >= 0.6 is 39.9 Å². The van der Waals surface area contributed by atoms with Gasteiger partial charge in [-0.05, 0) is 44.0 Å². The van der Waals surface area contributed by atoms with Gasteiger partial charge in [0.25, 0.3) is 5.91 Å². The molecule has 1 aromatic carbocycles. The van der Waals surface area contributed by atoms with Gasteiger partial charge in [0, 0.05) is 29.2 Å². The lowest BCUT2D eigenvalue weighted by atomic mass is 10.2. The van der Waals surface area contributed by atoms with Crippen LogP contribution in [0.3, 0.4) is 0 Å². The maximum absolute atomic E-state index is 11.9. The molecular formula is C15H22BrIN4O. The third kappa shape index (κ3) is 6.95. The lowest BCUT2D eigenvalue weighted by Gasteiger charge is -2.10. The normalized spacial score (nSPS) is 14.0. The van der Waals surface area contributed by atoms with Gasteiger partial charge < -0.3 is 16.0 Å². The molecule has 1 aromatic rings. The second kappa shape index (κ2) is 10.0. The van der Waals surface area contributed by atoms with Crippen molar-refractivity contribution < 1.29 is 4.79 Å². The maximum Gasteiger partial charge on any atom is 0.251 e. The third-order valence-electron chi connectivity index (χ3n) is 3.04. The fourth-order valence-corrected chi connectivity index (χ4v) is 2.05. The predicted octanol–water partition coefficient (Wildman–Crippen LogP) is 2.51. The second-order valence-corrected chi connectivity index (χ2v) is 5.86. The zero-order chi connectivity index (χ0) is 15.1. The van der Waals surface area contributed by atoms with Crippen LogP contribution in [-0.4, -0.2) is 37.5 Å². The molecule has 0 spiro atoms. The fourth-order valence-electron chi connectivity index (χ4n) is 1.78. The molecule has 0 saturated heterocycles. The summed E-state index contributed by atoms with van der Waals surface area (Å²) in [7, 11) is 0. The number of hydrogen-bond donors (Lipinski definition) is 3. The number of benzene rings is 1. The van der Waals surface area contributed by atoms with Crippen molar-refractivity contribution in [3.05, 3.63) is 34.3 Å². The molecule has 1 aliphatic carbocycles. The molecule has 1 amide bonds. The minimum absolute atomic E-state index is 0. The Balaban J connectivity index is 0.00000242. The number of carbonyl (C=O) groups is 1. The average Bonchev–Trinajstić information content (AvgIpc) is 3.28. The van der Waals surface area contributed by atoms with Gasteiger partial charge in [0.2, 0.25) is 0 Å². The lowest BCUT2D eigenvalue weighted by molar-refractivity contribution is 0.0955. The molecule has 2 rings (SSSR count). The van der Waals surface area contributed by atoms with E-state index in [0.29, 0.717) is 24.7 Å². The number of amides is 1. The van der Waals surface area contributed by atoms with E-state index in [2.05, 4.69) is 36.9 Å². The van der Waals surface area contributed by atoms with Gasteiger partial charge in [0.15, 0.2) is 5.96 Å². The van der Waals surface area contributed by atoms with Gasteiger partial charge >= 0.3 is 0 Å². The van der Waals surface area contributed by atoms with Crippen molar-refractivity contribution in [1.82, 2.24) is 16.0 Å². The fraction of sp³-hybridized carbons (Fsp3) is 0.467. The van der Waals surface area contributed by atoms with Crippen LogP contribution in [0.25, 0.3) is 0 Å². The van der Waals surface area contributed by atoms with Gasteiger partial charge in [-0.2, -0.15) is 0 Å². The summed E-state index contributed by atoms with van der Waals surface area (Å²) in [6, 6.07) is 7.87. The Morgan fingerprint density at radius 2 is 1.95 bits per heavy atom. The molecule has 1 fully saturated rings. The highest BCUT2D eigenvalue weighted by Crippen LogP contribution is 2.18. The van der Waals surface area contributed by atoms with E-state index in [1.54, 1.807) is 12.1 Å². The van der Waals surface area contributed by atoms with Crippen molar-refractivity contribution in [3.63, 3.8) is 0 Å². The van der Waals surface area contributed by atoms with Gasteiger partial charge in [-0.3, -0.25) is 9.79 Å². The Morgan fingerprint density at radius 1 is 1.27 bits per heavy atom. The number of guanidine groups is 1. The Hall–Kier alpha value is -0.830. The summed E-state index contributed by atoms with van der Waals surface area (Å²) in [5.41, 5.74) is 0.658. The van der Waals surface area contributed by atoms with E-state index in [1.165, 1.54) is 12.8 Å². The Morgan fingerprint density at radius 3 is 2.55 bits per heavy atom. The zero-order valence-corrected chi connectivity index (χ0v) is 16.5. The van der Waals surface area contributed by atoms with Crippen LogP contribution in [0, 0.1) is 0 Å². The summed E-state index contributed by atoms with van der Waals surface area (Å²) >= 11 is 3.35. The molecule has 22 heavy (non-hydrogen) atoms. The number of nitrogens with one attached hydrogen (secondary N) is 3. The third-order valence-corrected chi connectivity index (χ3v) is 3.56. The lowest BCUT2D eigenvalue weighted by Crippen LogP contribution is -2.39. The number of hydrogen-bond acceptors (Lipinski definition) is 2. The molecule has 5 nitrogen and oxygen atoms in total. The van der Waals surface area contributed by atoms with Crippen LogP contribution in [0.2, 0.25) is 0 Å². The van der Waals surface area contributed by atoms with Crippen LogP contribution in [-0.2, 0) is 0 Å². The van der Waals surface area contributed by atoms with Crippen molar-refractivity contribution >= 4 is 51.8 Å². The molecule has 0 atom stereocenters. The molecule has 0 radical (unpaired) electrons. The van der Waals surface area contributed by atoms with Crippen LogP contribution < -0.4 is 16.0 Å². The molecule has 1 aliphatic rings. The highest BCUT2D eigenvalue weighted by atomic mass is 127. The summed E-state index contributed by atoms with van der Waals surface area (Å²) in [4.78, 5) is 16.4. The van der Waals surface area contributed by atoms with E-state index >= 15 is 0 Å². The van der Waals surface area contributed by atoms with Gasteiger partial charge in [0.1, 0.15) is 0 Å². The van der Waals surface area contributed by atoms with E-state index in [9.17, 15) is 4.79 Å². The smallest absolute Gasteiger partial charge is 0.251 e. The molecule has 0 unspecified atom stereocenters. The molecule has 0 bridgehead atoms. The van der Waals surface area contributed by atoms with Crippen LogP contribution in [0.1, 0.15) is 30.1 Å². The molecule has 7 heteroatoms. The van der Waals surface area contributed by atoms with Crippen LogP contribution in [0.4, 0.5) is 0 Å². The number of rotatable bonds is 6. The molecule has 3 N–H and O–H groups in total. The van der Waals surface area contributed by atoms with Crippen molar-refractivity contribution in [2.75, 3.05) is 19.6 Å². The number of aliphatic imine (C=N–C) groups is 1. The minimum atomic E-state index is -0.0714. The zero-order valence-electron chi connectivity index (χ0n) is 12.6. The van der Waals surface area contributed by atoms with Gasteiger partial charge in [0.05, 0.1) is 6.54 Å².